The van der Waals surface area contributed by atoms with E-state index >= 15 is 0 Å². The minimum atomic E-state index is -0.151. The van der Waals surface area contributed by atoms with E-state index in [-0.39, 0.29) is 12.1 Å². The summed E-state index contributed by atoms with van der Waals surface area (Å²) in [6.07, 6.45) is 7.08. The fourth-order valence-corrected chi connectivity index (χ4v) is 2.04. The molecule has 0 aliphatic rings. The monoisotopic (exact) mass is 272 g/mol. The van der Waals surface area contributed by atoms with Gasteiger partial charge in [-0.15, -0.1) is 0 Å². The average Bonchev–Trinajstić information content (AvgIpc) is 2.39. The van der Waals surface area contributed by atoms with Crippen molar-refractivity contribution >= 4 is 5.97 Å². The smallest absolute Gasteiger partial charge is 0.310 e. The maximum Gasteiger partial charge on any atom is 0.310 e. The highest BCUT2D eigenvalue weighted by Crippen LogP contribution is 2.11. The second-order valence-electron chi connectivity index (χ2n) is 5.10. The molecular formula is C18H24O2. The molecule has 108 valence electrons. The molecule has 0 spiro atoms. The Morgan fingerprint density at radius 2 is 2.05 bits per heavy atom. The van der Waals surface area contributed by atoms with Crippen molar-refractivity contribution in [1.29, 1.82) is 0 Å². The number of allylic oxidation sites excluding steroid dienone is 3. The Hall–Kier alpha value is -1.83. The maximum absolute atomic E-state index is 11.8. The van der Waals surface area contributed by atoms with E-state index in [9.17, 15) is 4.79 Å². The number of benzene rings is 1. The van der Waals surface area contributed by atoms with Crippen molar-refractivity contribution in [3.63, 3.8) is 0 Å². The second kappa shape index (κ2) is 9.13. The highest BCUT2D eigenvalue weighted by Gasteiger charge is 2.10. The Morgan fingerprint density at radius 1 is 1.35 bits per heavy atom. The number of carbonyl (C=O) groups excluding carboxylic acids is 1. The summed E-state index contributed by atoms with van der Waals surface area (Å²) < 4.78 is 5.42. The molecule has 0 aliphatic carbocycles. The Labute approximate surface area is 122 Å². The van der Waals surface area contributed by atoms with Crippen LogP contribution in [0.15, 0.2) is 54.6 Å². The van der Waals surface area contributed by atoms with Crippen molar-refractivity contribution in [2.45, 2.75) is 45.6 Å². The summed E-state index contributed by atoms with van der Waals surface area (Å²) in [4.78, 5) is 11.8. The Morgan fingerprint density at radius 3 is 2.70 bits per heavy atom. The summed E-state index contributed by atoms with van der Waals surface area (Å²) in [6.45, 7) is 7.72. The summed E-state index contributed by atoms with van der Waals surface area (Å²) in [6, 6.07) is 9.68. The molecule has 0 saturated carbocycles. The summed E-state index contributed by atoms with van der Waals surface area (Å²) >= 11 is 0. The van der Waals surface area contributed by atoms with E-state index in [2.05, 4.69) is 13.5 Å². The minimum absolute atomic E-state index is 0.0252. The first kappa shape index (κ1) is 16.2. The van der Waals surface area contributed by atoms with Gasteiger partial charge in [0, 0.05) is 0 Å². The van der Waals surface area contributed by atoms with Crippen LogP contribution in [0.4, 0.5) is 0 Å². The van der Waals surface area contributed by atoms with Gasteiger partial charge in [-0.1, -0.05) is 54.6 Å². The average molecular weight is 272 g/mol. The van der Waals surface area contributed by atoms with Crippen LogP contribution in [0.25, 0.3) is 0 Å². The van der Waals surface area contributed by atoms with Crippen LogP contribution in [0.1, 0.15) is 38.7 Å². The van der Waals surface area contributed by atoms with Crippen LogP contribution in [-0.4, -0.2) is 12.1 Å². The molecule has 0 aromatic heterocycles. The number of hydrogen-bond donors (Lipinski definition) is 0. The van der Waals surface area contributed by atoms with Crippen molar-refractivity contribution < 1.29 is 9.53 Å². The molecule has 0 radical (unpaired) electrons. The number of esters is 1. The van der Waals surface area contributed by atoms with Crippen LogP contribution >= 0.6 is 0 Å². The van der Waals surface area contributed by atoms with Crippen LogP contribution in [0.2, 0.25) is 0 Å². The number of carbonyl (C=O) groups is 1. The van der Waals surface area contributed by atoms with Gasteiger partial charge in [0.15, 0.2) is 0 Å². The van der Waals surface area contributed by atoms with Crippen LogP contribution < -0.4 is 0 Å². The molecule has 0 bridgehead atoms. The zero-order valence-electron chi connectivity index (χ0n) is 12.5. The van der Waals surface area contributed by atoms with Gasteiger partial charge in [-0.05, 0) is 38.7 Å². The maximum atomic E-state index is 11.8. The Balaban J connectivity index is 2.25. The molecule has 0 amide bonds. The van der Waals surface area contributed by atoms with Crippen LogP contribution in [0.5, 0.6) is 0 Å². The lowest BCUT2D eigenvalue weighted by Crippen LogP contribution is -2.16. The highest BCUT2D eigenvalue weighted by atomic mass is 16.5. The molecular weight excluding hydrogens is 248 g/mol. The van der Waals surface area contributed by atoms with Crippen molar-refractivity contribution in [3.8, 4) is 0 Å². The third-order valence-corrected chi connectivity index (χ3v) is 3.11. The summed E-state index contributed by atoms with van der Waals surface area (Å²) in [5.74, 6) is -0.151. The lowest BCUT2D eigenvalue weighted by atomic mass is 10.1. The molecule has 2 nitrogen and oxygen atoms in total. The van der Waals surface area contributed by atoms with Gasteiger partial charge in [0.25, 0.3) is 0 Å². The third kappa shape index (κ3) is 6.93. The van der Waals surface area contributed by atoms with Crippen LogP contribution in [0, 0.1) is 0 Å². The van der Waals surface area contributed by atoms with Crippen molar-refractivity contribution in [3.05, 3.63) is 60.2 Å². The summed E-state index contributed by atoms with van der Waals surface area (Å²) in [7, 11) is 0. The van der Waals surface area contributed by atoms with E-state index in [1.165, 1.54) is 5.57 Å². The molecule has 0 saturated heterocycles. The first-order valence-corrected chi connectivity index (χ1v) is 7.13. The quantitative estimate of drug-likeness (QED) is 0.516. The Bertz CT molecular complexity index is 446. The zero-order chi connectivity index (χ0) is 14.8. The van der Waals surface area contributed by atoms with Gasteiger partial charge in [-0.25, -0.2) is 0 Å². The number of hydrogen-bond acceptors (Lipinski definition) is 2. The highest BCUT2D eigenvalue weighted by molar-refractivity contribution is 5.72. The van der Waals surface area contributed by atoms with Gasteiger partial charge >= 0.3 is 5.97 Å². The molecule has 0 heterocycles. The largest absolute Gasteiger partial charge is 0.462 e. The molecule has 1 atom stereocenters. The third-order valence-electron chi connectivity index (χ3n) is 3.11. The zero-order valence-corrected chi connectivity index (χ0v) is 12.5. The summed E-state index contributed by atoms with van der Waals surface area (Å²) in [5, 5.41) is 0. The lowest BCUT2D eigenvalue weighted by Gasteiger charge is -2.13. The number of ether oxygens (including phenoxy) is 1. The van der Waals surface area contributed by atoms with Crippen LogP contribution in [0.3, 0.4) is 0 Å². The summed E-state index contributed by atoms with van der Waals surface area (Å²) in [5.41, 5.74) is 2.30. The molecule has 0 N–H and O–H groups in total. The molecule has 0 fully saturated rings. The van der Waals surface area contributed by atoms with Crippen molar-refractivity contribution in [1.82, 2.24) is 0 Å². The van der Waals surface area contributed by atoms with Crippen molar-refractivity contribution in [2.24, 2.45) is 0 Å². The van der Waals surface area contributed by atoms with Gasteiger partial charge in [0.1, 0.15) is 0 Å². The van der Waals surface area contributed by atoms with E-state index < -0.39 is 0 Å². The minimum Gasteiger partial charge on any atom is -0.462 e. The first-order valence-electron chi connectivity index (χ1n) is 7.13. The molecule has 0 aliphatic heterocycles. The predicted octanol–water partition coefficient (Wildman–Crippen LogP) is 4.46. The van der Waals surface area contributed by atoms with Gasteiger partial charge in [0.2, 0.25) is 0 Å². The molecule has 1 aromatic carbocycles. The van der Waals surface area contributed by atoms with E-state index in [4.69, 9.17) is 4.74 Å². The van der Waals surface area contributed by atoms with Gasteiger partial charge < -0.3 is 4.74 Å². The predicted molar refractivity (Wildman–Crippen MR) is 83.5 cm³/mol. The molecule has 20 heavy (non-hydrogen) atoms. The van der Waals surface area contributed by atoms with Gasteiger partial charge in [0.05, 0.1) is 12.5 Å². The molecule has 2 heteroatoms. The van der Waals surface area contributed by atoms with E-state index in [0.717, 1.165) is 24.8 Å². The SMILES string of the molecule is C=C/C=C(\C)CCCC(C)OC(=O)Cc1ccccc1. The van der Waals surface area contributed by atoms with Gasteiger partial charge in [-0.3, -0.25) is 4.79 Å². The molecule has 1 aromatic rings. The van der Waals surface area contributed by atoms with Crippen molar-refractivity contribution in [2.75, 3.05) is 0 Å². The van der Waals surface area contributed by atoms with E-state index in [1.54, 1.807) is 6.08 Å². The van der Waals surface area contributed by atoms with Gasteiger partial charge in [-0.2, -0.15) is 0 Å². The van der Waals surface area contributed by atoms with Crippen LogP contribution in [-0.2, 0) is 16.0 Å². The fraction of sp³-hybridized carbons (Fsp3) is 0.389. The Kier molecular flexibility index (Phi) is 7.41. The molecule has 1 rings (SSSR count). The normalized spacial score (nSPS) is 12.8. The second-order valence-corrected chi connectivity index (χ2v) is 5.10. The fourth-order valence-electron chi connectivity index (χ4n) is 2.04. The van der Waals surface area contributed by atoms with E-state index in [1.807, 2.05) is 43.3 Å². The topological polar surface area (TPSA) is 26.3 Å². The van der Waals surface area contributed by atoms with E-state index in [0.29, 0.717) is 6.42 Å². The molecule has 1 unspecified atom stereocenters. The standard InChI is InChI=1S/C18H24O2/c1-4-9-15(2)10-8-11-16(3)20-18(19)14-17-12-6-5-7-13-17/h4-7,9,12-13,16H,1,8,10-11,14H2,2-3H3/b15-9+. The first-order chi connectivity index (χ1) is 9.61. The lowest BCUT2D eigenvalue weighted by molar-refractivity contribution is -0.147. The number of rotatable bonds is 8.